The highest BCUT2D eigenvalue weighted by Gasteiger charge is 2.41. The van der Waals surface area contributed by atoms with Crippen molar-refractivity contribution in [1.82, 2.24) is 19.6 Å². The second-order valence-corrected chi connectivity index (χ2v) is 6.01. The first kappa shape index (κ1) is 13.9. The summed E-state index contributed by atoms with van der Waals surface area (Å²) in [6.07, 6.45) is 4.89. The lowest BCUT2D eigenvalue weighted by molar-refractivity contribution is -0.121. The molecule has 2 atom stereocenters. The molecule has 2 aromatic rings. The number of amides is 2. The zero-order valence-corrected chi connectivity index (χ0v) is 12.4. The van der Waals surface area contributed by atoms with Gasteiger partial charge in [-0.3, -0.25) is 18.8 Å². The summed E-state index contributed by atoms with van der Waals surface area (Å²) in [4.78, 5) is 43.1. The van der Waals surface area contributed by atoms with Crippen LogP contribution < -0.4 is 10.9 Å². The topological polar surface area (TPSA) is 83.8 Å². The van der Waals surface area contributed by atoms with E-state index in [1.54, 1.807) is 29.3 Å². The Kier molecular flexibility index (Phi) is 3.14. The second-order valence-electron chi connectivity index (χ2n) is 6.01. The van der Waals surface area contributed by atoms with Crippen molar-refractivity contribution in [2.75, 3.05) is 6.54 Å². The number of aromatic nitrogens is 2. The van der Waals surface area contributed by atoms with Crippen molar-refractivity contribution in [3.8, 4) is 0 Å². The third-order valence-corrected chi connectivity index (χ3v) is 4.65. The van der Waals surface area contributed by atoms with Crippen LogP contribution in [0, 0.1) is 0 Å². The number of pyridine rings is 1. The number of carbonyl (C=O) groups excluding carboxylic acids is 2. The van der Waals surface area contributed by atoms with Gasteiger partial charge in [0.1, 0.15) is 11.2 Å². The van der Waals surface area contributed by atoms with E-state index in [0.717, 1.165) is 12.8 Å². The third-order valence-electron chi connectivity index (χ3n) is 4.65. The smallest absolute Gasteiger partial charge is 0.270 e. The monoisotopic (exact) mass is 312 g/mol. The first-order valence-electron chi connectivity index (χ1n) is 7.71. The van der Waals surface area contributed by atoms with Gasteiger partial charge in [0.2, 0.25) is 5.91 Å². The van der Waals surface area contributed by atoms with Crippen LogP contribution in [0.5, 0.6) is 0 Å². The molecule has 4 heterocycles. The van der Waals surface area contributed by atoms with E-state index in [0.29, 0.717) is 18.6 Å². The van der Waals surface area contributed by atoms with E-state index < -0.39 is 0 Å². The normalized spacial score (nSPS) is 23.7. The quantitative estimate of drug-likeness (QED) is 0.814. The Morgan fingerprint density at radius 1 is 1.22 bits per heavy atom. The average molecular weight is 312 g/mol. The van der Waals surface area contributed by atoms with E-state index in [4.69, 9.17) is 0 Å². The Hall–Kier alpha value is -2.70. The Bertz CT molecular complexity index is 860. The van der Waals surface area contributed by atoms with Gasteiger partial charge in [-0.15, -0.1) is 0 Å². The molecule has 1 N–H and O–H groups in total. The lowest BCUT2D eigenvalue weighted by atomic mass is 10.1. The van der Waals surface area contributed by atoms with Gasteiger partial charge in [-0.25, -0.2) is 4.98 Å². The van der Waals surface area contributed by atoms with Gasteiger partial charge in [-0.05, 0) is 25.0 Å². The zero-order chi connectivity index (χ0) is 16.0. The van der Waals surface area contributed by atoms with Gasteiger partial charge in [0.25, 0.3) is 11.5 Å². The standard InChI is InChI=1S/C16H16N4O3/c21-14-7-10-4-5-11(8-18-14)20(10)16(23)12-9-17-13-3-1-2-6-19(13)15(12)22/h1-3,6,9-11H,4-5,7-8H2,(H,18,21)/t10-,11+/m1/s1. The molecule has 4 rings (SSSR count). The van der Waals surface area contributed by atoms with E-state index in [9.17, 15) is 14.4 Å². The van der Waals surface area contributed by atoms with E-state index in [2.05, 4.69) is 10.3 Å². The minimum atomic E-state index is -0.372. The van der Waals surface area contributed by atoms with Crippen molar-refractivity contribution in [1.29, 1.82) is 0 Å². The van der Waals surface area contributed by atoms with Crippen LogP contribution in [0.1, 0.15) is 29.6 Å². The van der Waals surface area contributed by atoms with E-state index in [1.165, 1.54) is 10.6 Å². The van der Waals surface area contributed by atoms with Gasteiger partial charge in [0, 0.05) is 37.4 Å². The van der Waals surface area contributed by atoms with Crippen LogP contribution in [0.2, 0.25) is 0 Å². The minimum absolute atomic E-state index is 0.0386. The second kappa shape index (κ2) is 5.19. The van der Waals surface area contributed by atoms with Crippen LogP contribution in [-0.2, 0) is 4.79 Å². The molecule has 0 aromatic carbocycles. The number of hydrogen-bond donors (Lipinski definition) is 1. The maximum atomic E-state index is 12.9. The van der Waals surface area contributed by atoms with Crippen LogP contribution in [0.15, 0.2) is 35.4 Å². The molecule has 0 radical (unpaired) electrons. The van der Waals surface area contributed by atoms with Crippen molar-refractivity contribution < 1.29 is 9.59 Å². The summed E-state index contributed by atoms with van der Waals surface area (Å²) < 4.78 is 1.37. The van der Waals surface area contributed by atoms with Gasteiger partial charge in [-0.2, -0.15) is 0 Å². The van der Waals surface area contributed by atoms with Crippen molar-refractivity contribution in [3.63, 3.8) is 0 Å². The summed E-state index contributed by atoms with van der Waals surface area (Å²) in [5.41, 5.74) is 0.188. The molecule has 0 unspecified atom stereocenters. The van der Waals surface area contributed by atoms with E-state index >= 15 is 0 Å². The number of carbonyl (C=O) groups is 2. The Morgan fingerprint density at radius 2 is 2.04 bits per heavy atom. The molecule has 2 amide bonds. The minimum Gasteiger partial charge on any atom is -0.354 e. The fraction of sp³-hybridized carbons (Fsp3) is 0.375. The lowest BCUT2D eigenvalue weighted by Crippen LogP contribution is -2.44. The fourth-order valence-electron chi connectivity index (χ4n) is 3.52. The molecule has 7 nitrogen and oxygen atoms in total. The fourth-order valence-corrected chi connectivity index (χ4v) is 3.52. The van der Waals surface area contributed by atoms with Crippen LogP contribution >= 0.6 is 0 Å². The molecule has 2 aliphatic rings. The van der Waals surface area contributed by atoms with Crippen molar-refractivity contribution in [3.05, 3.63) is 46.5 Å². The number of nitrogens with zero attached hydrogens (tertiary/aromatic N) is 3. The highest BCUT2D eigenvalue weighted by Crippen LogP contribution is 2.29. The average Bonchev–Trinajstić information content (AvgIpc) is 2.86. The Labute approximate surface area is 131 Å². The summed E-state index contributed by atoms with van der Waals surface area (Å²) in [5, 5.41) is 2.82. The number of fused-ring (bicyclic) bond motifs is 3. The SMILES string of the molecule is O=C1C[C@H]2CC[C@@H](CN1)N2C(=O)c1cnc2ccccn2c1=O. The molecule has 0 saturated carbocycles. The molecule has 2 saturated heterocycles. The van der Waals surface area contributed by atoms with E-state index in [-0.39, 0.29) is 35.0 Å². The molecule has 23 heavy (non-hydrogen) atoms. The van der Waals surface area contributed by atoms with Crippen LogP contribution in [-0.4, -0.2) is 44.7 Å². The first-order valence-corrected chi connectivity index (χ1v) is 7.71. The Balaban J connectivity index is 1.76. The van der Waals surface area contributed by atoms with E-state index in [1.807, 2.05) is 0 Å². The van der Waals surface area contributed by atoms with Gasteiger partial charge in [0.15, 0.2) is 0 Å². The van der Waals surface area contributed by atoms with Crippen LogP contribution in [0.4, 0.5) is 0 Å². The van der Waals surface area contributed by atoms with Gasteiger partial charge < -0.3 is 10.2 Å². The largest absolute Gasteiger partial charge is 0.354 e. The number of hydrogen-bond acceptors (Lipinski definition) is 4. The highest BCUT2D eigenvalue weighted by atomic mass is 16.2. The summed E-state index contributed by atoms with van der Waals surface area (Å²) in [5.74, 6) is -0.367. The molecule has 118 valence electrons. The maximum absolute atomic E-state index is 12.9. The van der Waals surface area contributed by atoms with Crippen molar-refractivity contribution >= 4 is 17.5 Å². The number of nitrogens with one attached hydrogen (secondary N) is 1. The molecular formula is C16H16N4O3. The molecule has 0 spiro atoms. The molecule has 2 aliphatic heterocycles. The van der Waals surface area contributed by atoms with Crippen LogP contribution in [0.3, 0.4) is 0 Å². The third kappa shape index (κ3) is 2.19. The molecule has 2 aromatic heterocycles. The maximum Gasteiger partial charge on any atom is 0.270 e. The zero-order valence-electron chi connectivity index (χ0n) is 12.4. The summed E-state index contributed by atoms with van der Waals surface area (Å²) in [6.45, 7) is 0.448. The molecule has 7 heteroatoms. The van der Waals surface area contributed by atoms with Crippen LogP contribution in [0.25, 0.3) is 5.65 Å². The molecule has 2 bridgehead atoms. The van der Waals surface area contributed by atoms with Crippen molar-refractivity contribution in [2.45, 2.75) is 31.3 Å². The number of rotatable bonds is 1. The van der Waals surface area contributed by atoms with Gasteiger partial charge in [-0.1, -0.05) is 6.07 Å². The van der Waals surface area contributed by atoms with Crippen molar-refractivity contribution in [2.24, 2.45) is 0 Å². The van der Waals surface area contributed by atoms with Gasteiger partial charge in [0.05, 0.1) is 0 Å². The predicted molar refractivity (Wildman–Crippen MR) is 82.1 cm³/mol. The summed E-state index contributed by atoms with van der Waals surface area (Å²) >= 11 is 0. The summed E-state index contributed by atoms with van der Waals surface area (Å²) in [7, 11) is 0. The molecule has 0 aliphatic carbocycles. The highest BCUT2D eigenvalue weighted by molar-refractivity contribution is 5.95. The Morgan fingerprint density at radius 3 is 2.91 bits per heavy atom. The predicted octanol–water partition coefficient (Wildman–Crippen LogP) is 0.188. The lowest BCUT2D eigenvalue weighted by Gasteiger charge is -2.27. The van der Waals surface area contributed by atoms with Gasteiger partial charge >= 0.3 is 0 Å². The first-order chi connectivity index (χ1) is 11.1. The molecule has 2 fully saturated rings. The summed E-state index contributed by atoms with van der Waals surface area (Å²) in [6, 6.07) is 5.05. The molecular weight excluding hydrogens is 296 g/mol.